The van der Waals surface area contributed by atoms with Crippen LogP contribution in [0.2, 0.25) is 0 Å². The van der Waals surface area contributed by atoms with Crippen LogP contribution >= 0.6 is 0 Å². The van der Waals surface area contributed by atoms with E-state index in [9.17, 15) is 4.79 Å². The first-order valence-corrected chi connectivity index (χ1v) is 10.1. The summed E-state index contributed by atoms with van der Waals surface area (Å²) in [6.07, 6.45) is 3.82. The maximum Gasteiger partial charge on any atom is 0.414 e. The van der Waals surface area contributed by atoms with Crippen LogP contribution in [0.25, 0.3) is 0 Å². The lowest BCUT2D eigenvalue weighted by molar-refractivity contribution is -0.159. The summed E-state index contributed by atoms with van der Waals surface area (Å²) in [6, 6.07) is 8.76. The Balaban J connectivity index is 0.000000656. The summed E-state index contributed by atoms with van der Waals surface area (Å²) < 4.78 is 5.26. The molecule has 4 N–H and O–H groups in total. The second-order valence-electron chi connectivity index (χ2n) is 7.35. The molecule has 1 aromatic carbocycles. The number of carboxylic acid groups (broad SMARTS) is 2. The Morgan fingerprint density at radius 2 is 1.60 bits per heavy atom. The zero-order valence-electron chi connectivity index (χ0n) is 17.9. The third-order valence-electron chi connectivity index (χ3n) is 4.59. The molecule has 0 radical (unpaired) electrons. The van der Waals surface area contributed by atoms with E-state index in [2.05, 4.69) is 27.7 Å². The number of carbonyl (C=O) groups excluding carboxylic acids is 1. The number of piperidine rings is 1. The largest absolute Gasteiger partial charge is 0.497 e. The monoisotopic (exact) mass is 423 g/mol. The minimum Gasteiger partial charge on any atom is -0.497 e. The van der Waals surface area contributed by atoms with Gasteiger partial charge < -0.3 is 25.6 Å². The molecule has 168 valence electrons. The third kappa shape index (κ3) is 9.71. The minimum atomic E-state index is -1.82. The van der Waals surface area contributed by atoms with Crippen LogP contribution < -0.4 is 15.4 Å². The number of likely N-dealkylation sites (tertiary alicyclic amines) is 1. The number of nitrogens with zero attached hydrogens (tertiary/aromatic N) is 1. The van der Waals surface area contributed by atoms with Gasteiger partial charge in [-0.05, 0) is 57.5 Å². The molecule has 0 spiro atoms. The van der Waals surface area contributed by atoms with Crippen molar-refractivity contribution in [2.24, 2.45) is 0 Å². The number of aliphatic carboxylic acids is 2. The van der Waals surface area contributed by atoms with Crippen LogP contribution in [0.4, 0.5) is 0 Å². The van der Waals surface area contributed by atoms with Gasteiger partial charge in [0.1, 0.15) is 5.75 Å². The van der Waals surface area contributed by atoms with Crippen molar-refractivity contribution in [3.05, 3.63) is 29.8 Å². The summed E-state index contributed by atoms with van der Waals surface area (Å²) in [5.41, 5.74) is 1.27. The number of carbonyl (C=O) groups is 3. The second-order valence-corrected chi connectivity index (χ2v) is 7.35. The van der Waals surface area contributed by atoms with Gasteiger partial charge in [0, 0.05) is 18.6 Å². The van der Waals surface area contributed by atoms with Crippen molar-refractivity contribution >= 4 is 17.8 Å². The number of rotatable bonds is 8. The van der Waals surface area contributed by atoms with Crippen molar-refractivity contribution in [2.75, 3.05) is 33.3 Å². The van der Waals surface area contributed by atoms with Crippen molar-refractivity contribution in [3.8, 4) is 5.75 Å². The Morgan fingerprint density at radius 1 is 1.03 bits per heavy atom. The fourth-order valence-corrected chi connectivity index (χ4v) is 3.21. The molecule has 30 heavy (non-hydrogen) atoms. The summed E-state index contributed by atoms with van der Waals surface area (Å²) in [4.78, 5) is 32.6. The van der Waals surface area contributed by atoms with Crippen LogP contribution in [0, 0.1) is 0 Å². The van der Waals surface area contributed by atoms with E-state index in [-0.39, 0.29) is 11.9 Å². The van der Waals surface area contributed by atoms with Crippen molar-refractivity contribution in [1.29, 1.82) is 0 Å². The lowest BCUT2D eigenvalue weighted by atomic mass is 10.0. The number of hydrogen-bond acceptors (Lipinski definition) is 6. The number of methoxy groups -OCH3 is 1. The smallest absolute Gasteiger partial charge is 0.414 e. The SMILES string of the molecule is COc1ccc(C(CNCC(=O)NC(C)C)N2CCCCC2)cc1.O=C(O)C(=O)O. The topological polar surface area (TPSA) is 128 Å². The molecule has 0 bridgehead atoms. The van der Waals surface area contributed by atoms with Crippen molar-refractivity contribution < 1.29 is 29.3 Å². The number of benzene rings is 1. The second kappa shape index (κ2) is 13.6. The summed E-state index contributed by atoms with van der Waals surface area (Å²) in [7, 11) is 1.69. The summed E-state index contributed by atoms with van der Waals surface area (Å²) in [5.74, 6) is -2.72. The third-order valence-corrected chi connectivity index (χ3v) is 4.59. The Bertz CT molecular complexity index is 660. The predicted molar refractivity (Wildman–Crippen MR) is 113 cm³/mol. The fraction of sp³-hybridized carbons (Fsp3) is 0.571. The Kier molecular flexibility index (Phi) is 11.5. The Morgan fingerprint density at radius 3 is 2.07 bits per heavy atom. The summed E-state index contributed by atoms with van der Waals surface area (Å²) in [6.45, 7) is 7.33. The van der Waals surface area contributed by atoms with Crippen LogP contribution in [0.5, 0.6) is 5.75 Å². The normalized spacial score (nSPS) is 14.9. The van der Waals surface area contributed by atoms with Gasteiger partial charge in [-0.1, -0.05) is 18.6 Å². The van der Waals surface area contributed by atoms with Crippen LogP contribution in [-0.2, 0) is 14.4 Å². The van der Waals surface area contributed by atoms with E-state index in [1.807, 2.05) is 26.0 Å². The first-order chi connectivity index (χ1) is 14.2. The molecule has 1 aromatic rings. The van der Waals surface area contributed by atoms with E-state index < -0.39 is 11.9 Å². The van der Waals surface area contributed by atoms with E-state index in [4.69, 9.17) is 24.5 Å². The highest BCUT2D eigenvalue weighted by Gasteiger charge is 2.22. The zero-order valence-corrected chi connectivity index (χ0v) is 17.9. The lowest BCUT2D eigenvalue weighted by Crippen LogP contribution is -2.43. The summed E-state index contributed by atoms with van der Waals surface area (Å²) in [5, 5.41) is 21.0. The van der Waals surface area contributed by atoms with Gasteiger partial charge in [-0.3, -0.25) is 9.69 Å². The predicted octanol–water partition coefficient (Wildman–Crippen LogP) is 1.49. The molecule has 1 unspecified atom stereocenters. The standard InChI is InChI=1S/C19H31N3O2.C2H2O4/c1-15(2)21-19(23)14-20-13-18(22-11-5-4-6-12-22)16-7-9-17(24-3)10-8-16;3-1(4)2(5)6/h7-10,15,18,20H,4-6,11-14H2,1-3H3,(H,21,23);(H,3,4)(H,5,6). The molecule has 1 fully saturated rings. The van der Waals surface area contributed by atoms with Gasteiger partial charge in [-0.2, -0.15) is 0 Å². The molecule has 0 aliphatic carbocycles. The van der Waals surface area contributed by atoms with E-state index in [1.54, 1.807) is 7.11 Å². The molecular formula is C21H33N3O6. The maximum absolute atomic E-state index is 11.8. The average molecular weight is 424 g/mol. The van der Waals surface area contributed by atoms with E-state index in [0.717, 1.165) is 25.4 Å². The maximum atomic E-state index is 11.8. The average Bonchev–Trinajstić information content (AvgIpc) is 2.72. The molecule has 1 heterocycles. The van der Waals surface area contributed by atoms with Crippen molar-refractivity contribution in [2.45, 2.75) is 45.2 Å². The highest BCUT2D eigenvalue weighted by molar-refractivity contribution is 6.27. The molecule has 1 amide bonds. The van der Waals surface area contributed by atoms with E-state index in [0.29, 0.717) is 12.6 Å². The molecule has 9 nitrogen and oxygen atoms in total. The van der Waals surface area contributed by atoms with E-state index in [1.165, 1.54) is 24.8 Å². The Hall–Kier alpha value is -2.65. The molecule has 2 rings (SSSR count). The molecule has 0 aromatic heterocycles. The van der Waals surface area contributed by atoms with E-state index >= 15 is 0 Å². The number of nitrogens with one attached hydrogen (secondary N) is 2. The van der Waals surface area contributed by atoms with Crippen LogP contribution in [0.3, 0.4) is 0 Å². The molecular weight excluding hydrogens is 390 g/mol. The van der Waals surface area contributed by atoms with Gasteiger partial charge in [-0.15, -0.1) is 0 Å². The highest BCUT2D eigenvalue weighted by Crippen LogP contribution is 2.25. The van der Waals surface area contributed by atoms with Gasteiger partial charge in [-0.25, -0.2) is 9.59 Å². The molecule has 1 aliphatic heterocycles. The molecule has 9 heteroatoms. The van der Waals surface area contributed by atoms with Gasteiger partial charge in [0.05, 0.1) is 13.7 Å². The number of hydrogen-bond donors (Lipinski definition) is 4. The lowest BCUT2D eigenvalue weighted by Gasteiger charge is -2.35. The number of ether oxygens (including phenoxy) is 1. The van der Waals surface area contributed by atoms with Crippen molar-refractivity contribution in [3.63, 3.8) is 0 Å². The summed E-state index contributed by atoms with van der Waals surface area (Å²) >= 11 is 0. The van der Waals surface area contributed by atoms with Gasteiger partial charge in [0.15, 0.2) is 0 Å². The first kappa shape index (κ1) is 25.4. The molecule has 1 aliphatic rings. The van der Waals surface area contributed by atoms with Crippen LogP contribution in [0.15, 0.2) is 24.3 Å². The Labute approximate surface area is 177 Å². The highest BCUT2D eigenvalue weighted by atomic mass is 16.5. The van der Waals surface area contributed by atoms with Gasteiger partial charge >= 0.3 is 11.9 Å². The molecule has 1 atom stereocenters. The van der Waals surface area contributed by atoms with Crippen LogP contribution in [0.1, 0.15) is 44.7 Å². The molecule has 0 saturated carbocycles. The van der Waals surface area contributed by atoms with Gasteiger partial charge in [0.25, 0.3) is 0 Å². The minimum absolute atomic E-state index is 0.0529. The van der Waals surface area contributed by atoms with Crippen LogP contribution in [-0.4, -0.2) is 72.3 Å². The van der Waals surface area contributed by atoms with Crippen molar-refractivity contribution in [1.82, 2.24) is 15.5 Å². The number of carboxylic acids is 2. The van der Waals surface area contributed by atoms with Gasteiger partial charge in [0.2, 0.25) is 5.91 Å². The zero-order chi connectivity index (χ0) is 22.5. The molecule has 1 saturated heterocycles. The fourth-order valence-electron chi connectivity index (χ4n) is 3.21. The first-order valence-electron chi connectivity index (χ1n) is 10.1. The number of amides is 1. The quantitative estimate of drug-likeness (QED) is 0.463.